The molecule has 0 unspecified atom stereocenters. The highest BCUT2D eigenvalue weighted by Gasteiger charge is 2.35. The van der Waals surface area contributed by atoms with E-state index in [9.17, 15) is 14.4 Å². The minimum atomic E-state index is -0.999. The fraction of sp³-hybridized carbons (Fsp3) is 0.0357. The maximum Gasteiger partial charge on any atom is 0.335 e. The third kappa shape index (κ3) is 4.52. The van der Waals surface area contributed by atoms with Crippen molar-refractivity contribution < 1.29 is 24.2 Å². The Morgan fingerprint density at radius 2 is 1.75 bits per heavy atom. The van der Waals surface area contributed by atoms with E-state index in [1.807, 2.05) is 30.3 Å². The molecule has 1 aliphatic heterocycles. The first-order valence-electron chi connectivity index (χ1n) is 11.0. The summed E-state index contributed by atoms with van der Waals surface area (Å²) in [7, 11) is 0. The van der Waals surface area contributed by atoms with E-state index in [-0.39, 0.29) is 17.9 Å². The summed E-state index contributed by atoms with van der Waals surface area (Å²) >= 11 is 6.05. The largest absolute Gasteiger partial charge is 0.488 e. The Morgan fingerprint density at radius 1 is 0.972 bits per heavy atom. The van der Waals surface area contributed by atoms with Crippen LogP contribution in [-0.2, 0) is 11.4 Å². The molecule has 5 rings (SSSR count). The number of aromatic carboxylic acids is 1. The number of hydrogen-bond donors (Lipinski definition) is 2. The first-order valence-corrected chi connectivity index (χ1v) is 11.4. The average molecular weight is 499 g/mol. The van der Waals surface area contributed by atoms with Crippen LogP contribution >= 0.6 is 11.6 Å². The van der Waals surface area contributed by atoms with Gasteiger partial charge in [0.2, 0.25) is 0 Å². The number of carbonyl (C=O) groups is 3. The Balaban J connectivity index is 1.50. The third-order valence-electron chi connectivity index (χ3n) is 5.76. The smallest absolute Gasteiger partial charge is 0.335 e. The number of halogens is 1. The first kappa shape index (κ1) is 23.1. The molecule has 8 heteroatoms. The number of carbonyl (C=O) groups excluding carboxylic acids is 2. The fourth-order valence-electron chi connectivity index (χ4n) is 3.98. The van der Waals surface area contributed by atoms with Crippen LogP contribution in [0.2, 0.25) is 5.02 Å². The molecular formula is C28H19ClN2O5. The summed E-state index contributed by atoms with van der Waals surface area (Å²) in [5, 5.41) is 13.9. The number of amides is 3. The maximum absolute atomic E-state index is 13.2. The predicted octanol–water partition coefficient (Wildman–Crippen LogP) is 5.87. The monoisotopic (exact) mass is 498 g/mol. The standard InChI is InChI=1S/C28H19ClN2O5/c29-20-5-3-6-21(14-20)31-26(32)24(30-28(31)35)15-23-22-7-2-1-4-18(22)12-13-25(23)36-16-17-8-10-19(11-9-17)27(33)34/h1-15H,16H2,(H,30,35)(H,33,34). The average Bonchev–Trinajstić information content (AvgIpc) is 3.16. The number of urea groups is 1. The van der Waals surface area contributed by atoms with Crippen LogP contribution in [0.4, 0.5) is 10.5 Å². The van der Waals surface area contributed by atoms with Gasteiger partial charge in [-0.3, -0.25) is 4.79 Å². The van der Waals surface area contributed by atoms with Crippen molar-refractivity contribution in [1.29, 1.82) is 0 Å². The molecule has 0 bridgehead atoms. The molecule has 36 heavy (non-hydrogen) atoms. The van der Waals surface area contributed by atoms with Gasteiger partial charge >= 0.3 is 12.0 Å². The van der Waals surface area contributed by atoms with Gasteiger partial charge in [-0.05, 0) is 58.8 Å². The lowest BCUT2D eigenvalue weighted by atomic mass is 10.0. The van der Waals surface area contributed by atoms with E-state index in [4.69, 9.17) is 21.4 Å². The van der Waals surface area contributed by atoms with Gasteiger partial charge in [0, 0.05) is 10.6 Å². The molecule has 1 aliphatic rings. The minimum Gasteiger partial charge on any atom is -0.488 e. The van der Waals surface area contributed by atoms with Crippen LogP contribution in [-0.4, -0.2) is 23.0 Å². The summed E-state index contributed by atoms with van der Waals surface area (Å²) in [5.41, 5.74) is 2.07. The van der Waals surface area contributed by atoms with Crippen LogP contribution in [0, 0.1) is 0 Å². The fourth-order valence-corrected chi connectivity index (χ4v) is 4.17. The summed E-state index contributed by atoms with van der Waals surface area (Å²) in [5.74, 6) is -1.00. The van der Waals surface area contributed by atoms with E-state index in [0.29, 0.717) is 22.0 Å². The second kappa shape index (κ2) is 9.56. The molecule has 0 atom stereocenters. The number of anilines is 1. The molecule has 1 heterocycles. The van der Waals surface area contributed by atoms with Crippen LogP contribution in [0.1, 0.15) is 21.5 Å². The second-order valence-electron chi connectivity index (χ2n) is 8.10. The van der Waals surface area contributed by atoms with Crippen LogP contribution < -0.4 is 15.0 Å². The number of nitrogens with zero attached hydrogens (tertiary/aromatic N) is 1. The van der Waals surface area contributed by atoms with E-state index >= 15 is 0 Å². The lowest BCUT2D eigenvalue weighted by Gasteiger charge is -2.13. The lowest BCUT2D eigenvalue weighted by molar-refractivity contribution is -0.113. The number of imide groups is 1. The maximum atomic E-state index is 13.2. The number of benzene rings is 4. The van der Waals surface area contributed by atoms with Gasteiger partial charge in [-0.15, -0.1) is 0 Å². The van der Waals surface area contributed by atoms with Gasteiger partial charge in [-0.2, -0.15) is 0 Å². The van der Waals surface area contributed by atoms with Gasteiger partial charge in [0.15, 0.2) is 0 Å². The summed E-state index contributed by atoms with van der Waals surface area (Å²) < 4.78 is 6.08. The highest BCUT2D eigenvalue weighted by molar-refractivity contribution is 6.32. The molecule has 178 valence electrons. The van der Waals surface area contributed by atoms with Crippen LogP contribution in [0.3, 0.4) is 0 Å². The summed E-state index contributed by atoms with van der Waals surface area (Å²) in [6.07, 6.45) is 1.61. The Morgan fingerprint density at radius 3 is 2.50 bits per heavy atom. The number of hydrogen-bond acceptors (Lipinski definition) is 4. The van der Waals surface area contributed by atoms with Gasteiger partial charge in [0.05, 0.1) is 11.3 Å². The zero-order valence-corrected chi connectivity index (χ0v) is 19.5. The summed E-state index contributed by atoms with van der Waals surface area (Å²) in [6, 6.07) is 23.7. The molecule has 3 amide bonds. The Bertz CT molecular complexity index is 1550. The van der Waals surface area contributed by atoms with Crippen molar-refractivity contribution in [1.82, 2.24) is 5.32 Å². The van der Waals surface area contributed by atoms with Crippen molar-refractivity contribution >= 4 is 52.0 Å². The zero-order valence-electron chi connectivity index (χ0n) is 18.8. The molecule has 0 saturated carbocycles. The van der Waals surface area contributed by atoms with Crippen LogP contribution in [0.25, 0.3) is 16.8 Å². The number of carboxylic acids is 1. The molecule has 0 spiro atoms. The van der Waals surface area contributed by atoms with E-state index in [0.717, 1.165) is 21.2 Å². The van der Waals surface area contributed by atoms with Crippen molar-refractivity contribution in [3.8, 4) is 5.75 Å². The molecule has 0 aliphatic carbocycles. The minimum absolute atomic E-state index is 0.104. The number of fused-ring (bicyclic) bond motifs is 1. The van der Waals surface area contributed by atoms with Crippen molar-refractivity contribution in [3.63, 3.8) is 0 Å². The highest BCUT2D eigenvalue weighted by atomic mass is 35.5. The molecule has 7 nitrogen and oxygen atoms in total. The molecule has 4 aromatic carbocycles. The Kier molecular flexibility index (Phi) is 6.14. The lowest BCUT2D eigenvalue weighted by Crippen LogP contribution is -2.30. The van der Waals surface area contributed by atoms with E-state index < -0.39 is 17.9 Å². The summed E-state index contributed by atoms with van der Waals surface area (Å²) in [6.45, 7) is 0.184. The first-order chi connectivity index (χ1) is 17.4. The summed E-state index contributed by atoms with van der Waals surface area (Å²) in [4.78, 5) is 38.0. The van der Waals surface area contributed by atoms with Crippen molar-refractivity contribution in [3.05, 3.63) is 112 Å². The van der Waals surface area contributed by atoms with Crippen molar-refractivity contribution in [2.75, 3.05) is 4.90 Å². The molecule has 2 N–H and O–H groups in total. The second-order valence-corrected chi connectivity index (χ2v) is 8.53. The van der Waals surface area contributed by atoms with Gasteiger partial charge in [-0.25, -0.2) is 14.5 Å². The highest BCUT2D eigenvalue weighted by Crippen LogP contribution is 2.32. The van der Waals surface area contributed by atoms with Gasteiger partial charge < -0.3 is 15.2 Å². The van der Waals surface area contributed by atoms with Gasteiger partial charge in [0.1, 0.15) is 18.1 Å². The quantitative estimate of drug-likeness (QED) is 0.256. The SMILES string of the molecule is O=C(O)c1ccc(COc2ccc3ccccc3c2C=C2NC(=O)N(c3cccc(Cl)c3)C2=O)cc1. The number of carboxylic acid groups (broad SMARTS) is 1. The van der Waals surface area contributed by atoms with Gasteiger partial charge in [0.25, 0.3) is 5.91 Å². The molecule has 0 aromatic heterocycles. The number of rotatable bonds is 6. The molecule has 4 aromatic rings. The number of ether oxygens (including phenoxy) is 1. The van der Waals surface area contributed by atoms with Crippen molar-refractivity contribution in [2.45, 2.75) is 6.61 Å². The molecule has 1 saturated heterocycles. The van der Waals surface area contributed by atoms with Crippen LogP contribution in [0.15, 0.2) is 90.6 Å². The van der Waals surface area contributed by atoms with Gasteiger partial charge in [-0.1, -0.05) is 60.1 Å². The predicted molar refractivity (Wildman–Crippen MR) is 137 cm³/mol. The van der Waals surface area contributed by atoms with E-state index in [2.05, 4.69) is 5.32 Å². The topological polar surface area (TPSA) is 95.9 Å². The van der Waals surface area contributed by atoms with Crippen LogP contribution in [0.5, 0.6) is 5.75 Å². The molecular weight excluding hydrogens is 480 g/mol. The van der Waals surface area contributed by atoms with Crippen molar-refractivity contribution in [2.24, 2.45) is 0 Å². The number of nitrogens with one attached hydrogen (secondary N) is 1. The van der Waals surface area contributed by atoms with E-state index in [1.165, 1.54) is 12.1 Å². The van der Waals surface area contributed by atoms with E-state index in [1.54, 1.807) is 48.5 Å². The third-order valence-corrected chi connectivity index (χ3v) is 5.99. The molecule has 1 fully saturated rings. The Hall–Kier alpha value is -4.62. The molecule has 0 radical (unpaired) electrons. The Labute approximate surface area is 211 Å². The zero-order chi connectivity index (χ0) is 25.2. The normalized spacial score (nSPS) is 14.4.